The number of benzene rings is 1. The molecule has 1 nitrogen and oxygen atoms in total. The van der Waals surface area contributed by atoms with E-state index in [1.807, 2.05) is 11.3 Å². The maximum Gasteiger partial charge on any atom is 0.0604 e. The van der Waals surface area contributed by atoms with Crippen LogP contribution >= 0.6 is 33.9 Å². The highest BCUT2D eigenvalue weighted by atomic mass is 127. The molecule has 3 heteroatoms. The summed E-state index contributed by atoms with van der Waals surface area (Å²) in [6, 6.07) is 11.3. The van der Waals surface area contributed by atoms with E-state index in [0.29, 0.717) is 6.04 Å². The van der Waals surface area contributed by atoms with Gasteiger partial charge in [-0.3, -0.25) is 0 Å². The van der Waals surface area contributed by atoms with Crippen molar-refractivity contribution in [1.29, 1.82) is 0 Å². The smallest absolute Gasteiger partial charge is 0.0604 e. The standard InChI is InChI=1S/C14H16INS/c1-3-12(14-5-4-8-17-14)16-13-7-6-11(15)9-10(13)2/h4-9,12,16H,3H2,1-2H3. The number of anilines is 1. The van der Waals surface area contributed by atoms with E-state index in [4.69, 9.17) is 0 Å². The summed E-state index contributed by atoms with van der Waals surface area (Å²) in [4.78, 5) is 1.41. The molecule has 2 aromatic rings. The Balaban J connectivity index is 2.19. The summed E-state index contributed by atoms with van der Waals surface area (Å²) in [6.07, 6.45) is 1.10. The normalized spacial score (nSPS) is 12.4. The number of nitrogens with one attached hydrogen (secondary N) is 1. The first kappa shape index (κ1) is 12.9. The van der Waals surface area contributed by atoms with Crippen molar-refractivity contribution in [3.8, 4) is 0 Å². The van der Waals surface area contributed by atoms with Crippen molar-refractivity contribution in [3.05, 3.63) is 49.7 Å². The first-order valence-corrected chi connectivity index (χ1v) is 7.72. The van der Waals surface area contributed by atoms with Crippen molar-refractivity contribution < 1.29 is 0 Å². The number of thiophene rings is 1. The minimum atomic E-state index is 0.425. The summed E-state index contributed by atoms with van der Waals surface area (Å²) in [5.41, 5.74) is 2.55. The van der Waals surface area contributed by atoms with E-state index in [9.17, 15) is 0 Å². The van der Waals surface area contributed by atoms with Gasteiger partial charge >= 0.3 is 0 Å². The number of rotatable bonds is 4. The highest BCUT2D eigenvalue weighted by Gasteiger charge is 2.11. The Morgan fingerprint density at radius 2 is 2.18 bits per heavy atom. The molecule has 1 atom stereocenters. The largest absolute Gasteiger partial charge is 0.377 e. The third-order valence-electron chi connectivity index (χ3n) is 2.81. The minimum Gasteiger partial charge on any atom is -0.377 e. The van der Waals surface area contributed by atoms with E-state index in [1.165, 1.54) is 19.7 Å². The average Bonchev–Trinajstić information content (AvgIpc) is 2.81. The second-order valence-corrected chi connectivity index (χ2v) is 6.30. The van der Waals surface area contributed by atoms with E-state index in [2.05, 4.69) is 77.5 Å². The van der Waals surface area contributed by atoms with Crippen LogP contribution in [0.3, 0.4) is 0 Å². The van der Waals surface area contributed by atoms with Crippen LogP contribution in [0.15, 0.2) is 35.7 Å². The Morgan fingerprint density at radius 1 is 1.35 bits per heavy atom. The van der Waals surface area contributed by atoms with Gasteiger partial charge in [0.05, 0.1) is 6.04 Å². The maximum absolute atomic E-state index is 3.63. The predicted molar refractivity (Wildman–Crippen MR) is 84.9 cm³/mol. The Hall–Kier alpha value is -0.550. The average molecular weight is 357 g/mol. The molecule has 0 amide bonds. The van der Waals surface area contributed by atoms with Crippen molar-refractivity contribution in [3.63, 3.8) is 0 Å². The Morgan fingerprint density at radius 3 is 2.76 bits per heavy atom. The van der Waals surface area contributed by atoms with Crippen molar-refractivity contribution >= 4 is 39.6 Å². The molecule has 17 heavy (non-hydrogen) atoms. The van der Waals surface area contributed by atoms with Gasteiger partial charge in [-0.2, -0.15) is 0 Å². The van der Waals surface area contributed by atoms with Gasteiger partial charge in [0, 0.05) is 14.1 Å². The SMILES string of the molecule is CCC(Nc1ccc(I)cc1C)c1cccs1. The van der Waals surface area contributed by atoms with Gasteiger partial charge < -0.3 is 5.32 Å². The quantitative estimate of drug-likeness (QED) is 0.740. The molecule has 1 unspecified atom stereocenters. The summed E-state index contributed by atoms with van der Waals surface area (Å²) in [7, 11) is 0. The topological polar surface area (TPSA) is 12.0 Å². The van der Waals surface area contributed by atoms with Gasteiger partial charge in [-0.1, -0.05) is 13.0 Å². The van der Waals surface area contributed by atoms with E-state index < -0.39 is 0 Å². The van der Waals surface area contributed by atoms with Crippen molar-refractivity contribution in [2.45, 2.75) is 26.3 Å². The minimum absolute atomic E-state index is 0.425. The van der Waals surface area contributed by atoms with Crippen LogP contribution in [0.2, 0.25) is 0 Å². The fourth-order valence-corrected chi connectivity index (χ4v) is 3.35. The predicted octanol–water partition coefficient (Wildman–Crippen LogP) is 5.22. The van der Waals surface area contributed by atoms with Gasteiger partial charge in [-0.25, -0.2) is 0 Å². The van der Waals surface area contributed by atoms with Crippen LogP contribution < -0.4 is 5.32 Å². The summed E-state index contributed by atoms with van der Waals surface area (Å²) in [5, 5.41) is 5.77. The Bertz CT molecular complexity index is 479. The van der Waals surface area contributed by atoms with Crippen LogP contribution in [0.5, 0.6) is 0 Å². The first-order valence-electron chi connectivity index (χ1n) is 5.76. The van der Waals surface area contributed by atoms with E-state index in [0.717, 1.165) is 6.42 Å². The Labute approximate surface area is 120 Å². The van der Waals surface area contributed by atoms with Crippen LogP contribution in [-0.4, -0.2) is 0 Å². The third-order valence-corrected chi connectivity index (χ3v) is 4.47. The van der Waals surface area contributed by atoms with E-state index >= 15 is 0 Å². The lowest BCUT2D eigenvalue weighted by Gasteiger charge is -2.18. The molecular weight excluding hydrogens is 341 g/mol. The van der Waals surface area contributed by atoms with Crippen LogP contribution in [-0.2, 0) is 0 Å². The molecular formula is C14H16INS. The van der Waals surface area contributed by atoms with Crippen molar-refractivity contribution in [2.75, 3.05) is 5.32 Å². The zero-order valence-electron chi connectivity index (χ0n) is 10.0. The van der Waals surface area contributed by atoms with Gasteiger partial charge in [-0.15, -0.1) is 11.3 Å². The summed E-state index contributed by atoms with van der Waals surface area (Å²) in [6.45, 7) is 4.38. The molecule has 2 rings (SSSR count). The van der Waals surface area contributed by atoms with Crippen molar-refractivity contribution in [1.82, 2.24) is 0 Å². The van der Waals surface area contributed by atoms with Crippen LogP contribution in [0.1, 0.15) is 29.8 Å². The molecule has 0 fully saturated rings. The number of hydrogen-bond acceptors (Lipinski definition) is 2. The van der Waals surface area contributed by atoms with Gasteiger partial charge in [0.15, 0.2) is 0 Å². The number of aryl methyl sites for hydroxylation is 1. The molecule has 0 radical (unpaired) electrons. The zero-order chi connectivity index (χ0) is 12.3. The van der Waals surface area contributed by atoms with Gasteiger partial charge in [0.1, 0.15) is 0 Å². The molecule has 0 aliphatic carbocycles. The molecule has 1 N–H and O–H groups in total. The molecule has 0 aliphatic heterocycles. The lowest BCUT2D eigenvalue weighted by Crippen LogP contribution is -2.09. The molecule has 0 saturated heterocycles. The highest BCUT2D eigenvalue weighted by molar-refractivity contribution is 14.1. The third kappa shape index (κ3) is 3.22. The lowest BCUT2D eigenvalue weighted by molar-refractivity contribution is 0.763. The Kier molecular flexibility index (Phi) is 4.45. The van der Waals surface area contributed by atoms with Gasteiger partial charge in [0.2, 0.25) is 0 Å². The molecule has 0 spiro atoms. The monoisotopic (exact) mass is 357 g/mol. The summed E-state index contributed by atoms with van der Waals surface area (Å²) in [5.74, 6) is 0. The summed E-state index contributed by atoms with van der Waals surface area (Å²) < 4.78 is 1.29. The lowest BCUT2D eigenvalue weighted by atomic mass is 10.1. The van der Waals surface area contributed by atoms with Gasteiger partial charge in [-0.05, 0) is 71.1 Å². The van der Waals surface area contributed by atoms with Crippen LogP contribution in [0, 0.1) is 10.5 Å². The number of halogens is 1. The van der Waals surface area contributed by atoms with E-state index in [-0.39, 0.29) is 0 Å². The molecule has 1 heterocycles. The molecule has 90 valence electrons. The second kappa shape index (κ2) is 5.87. The highest BCUT2D eigenvalue weighted by Crippen LogP contribution is 2.28. The maximum atomic E-state index is 3.63. The molecule has 1 aromatic carbocycles. The molecule has 0 bridgehead atoms. The van der Waals surface area contributed by atoms with Gasteiger partial charge in [0.25, 0.3) is 0 Å². The van der Waals surface area contributed by atoms with Crippen LogP contribution in [0.4, 0.5) is 5.69 Å². The molecule has 0 saturated carbocycles. The fourth-order valence-electron chi connectivity index (χ4n) is 1.84. The fraction of sp³-hybridized carbons (Fsp3) is 0.286. The molecule has 0 aliphatic rings. The summed E-state index contributed by atoms with van der Waals surface area (Å²) >= 11 is 4.17. The molecule has 1 aromatic heterocycles. The van der Waals surface area contributed by atoms with Crippen molar-refractivity contribution in [2.24, 2.45) is 0 Å². The van der Waals surface area contributed by atoms with Crippen LogP contribution in [0.25, 0.3) is 0 Å². The number of hydrogen-bond donors (Lipinski definition) is 1. The zero-order valence-corrected chi connectivity index (χ0v) is 13.0. The first-order chi connectivity index (χ1) is 8.20. The second-order valence-electron chi connectivity index (χ2n) is 4.08. The van der Waals surface area contributed by atoms with E-state index in [1.54, 1.807) is 0 Å².